The number of ether oxygens (including phenoxy) is 1. The summed E-state index contributed by atoms with van der Waals surface area (Å²) in [6, 6.07) is 13.6. The van der Waals surface area contributed by atoms with E-state index >= 15 is 0 Å². The van der Waals surface area contributed by atoms with Crippen LogP contribution in [0.15, 0.2) is 53.2 Å². The van der Waals surface area contributed by atoms with Gasteiger partial charge in [-0.25, -0.2) is 0 Å². The van der Waals surface area contributed by atoms with Gasteiger partial charge in [0.15, 0.2) is 0 Å². The number of pyridine rings is 1. The zero-order chi connectivity index (χ0) is 19.5. The third kappa shape index (κ3) is 3.55. The van der Waals surface area contributed by atoms with Crippen molar-refractivity contribution in [2.45, 2.75) is 32.7 Å². The Morgan fingerprint density at radius 3 is 2.54 bits per heavy atom. The maximum absolute atomic E-state index is 13.5. The minimum Gasteiger partial charge on any atom is -0.381 e. The van der Waals surface area contributed by atoms with Gasteiger partial charge in [-0.05, 0) is 56.5 Å². The Hall–Kier alpha value is -2.99. The summed E-state index contributed by atoms with van der Waals surface area (Å²) < 4.78 is 10.8. The number of hydrogen-bond donors (Lipinski definition) is 0. The molecule has 6 nitrogen and oxygen atoms in total. The molecular formula is C22H23N3O3. The first-order valence-electron chi connectivity index (χ1n) is 9.51. The lowest BCUT2D eigenvalue weighted by Gasteiger charge is -2.34. The molecule has 6 heteroatoms. The van der Waals surface area contributed by atoms with Crippen LogP contribution in [-0.2, 0) is 4.74 Å². The predicted molar refractivity (Wildman–Crippen MR) is 106 cm³/mol. The summed E-state index contributed by atoms with van der Waals surface area (Å²) in [5, 5.41) is 4.02. The molecule has 28 heavy (non-hydrogen) atoms. The number of aryl methyl sites for hydroxylation is 2. The Morgan fingerprint density at radius 2 is 1.86 bits per heavy atom. The highest BCUT2D eigenvalue weighted by Crippen LogP contribution is 2.29. The largest absolute Gasteiger partial charge is 0.381 e. The summed E-state index contributed by atoms with van der Waals surface area (Å²) in [5.74, 6) is 0.623. The standard InChI is InChI=1S/C22H23N3O3/c1-15-21(16(2)28-24-15)17-8-11-23-20(14-17)22(26)25(18-6-4-3-5-7-18)19-9-12-27-13-10-19/h3-8,11,14,19H,9-10,12-13H2,1-2H3. The second-order valence-electron chi connectivity index (χ2n) is 6.98. The Labute approximate surface area is 164 Å². The highest BCUT2D eigenvalue weighted by molar-refractivity contribution is 6.05. The maximum Gasteiger partial charge on any atom is 0.277 e. The number of anilines is 1. The van der Waals surface area contributed by atoms with Crippen LogP contribution in [0.1, 0.15) is 34.8 Å². The molecule has 2 aromatic heterocycles. The van der Waals surface area contributed by atoms with E-state index in [1.807, 2.05) is 61.2 Å². The molecule has 1 amide bonds. The number of rotatable bonds is 4. The van der Waals surface area contributed by atoms with E-state index in [9.17, 15) is 4.79 Å². The summed E-state index contributed by atoms with van der Waals surface area (Å²) in [4.78, 5) is 19.8. The van der Waals surface area contributed by atoms with Gasteiger partial charge in [0.2, 0.25) is 0 Å². The van der Waals surface area contributed by atoms with Crippen molar-refractivity contribution < 1.29 is 14.1 Å². The van der Waals surface area contributed by atoms with Crippen LogP contribution in [0.2, 0.25) is 0 Å². The van der Waals surface area contributed by atoms with E-state index < -0.39 is 0 Å². The molecule has 144 valence electrons. The molecule has 3 aromatic rings. The van der Waals surface area contributed by atoms with E-state index in [-0.39, 0.29) is 11.9 Å². The number of benzene rings is 1. The normalized spacial score (nSPS) is 14.8. The Kier molecular flexibility index (Phi) is 5.21. The molecule has 0 bridgehead atoms. The van der Waals surface area contributed by atoms with Crippen LogP contribution in [-0.4, -0.2) is 35.3 Å². The van der Waals surface area contributed by atoms with Crippen molar-refractivity contribution in [3.05, 3.63) is 65.8 Å². The number of para-hydroxylation sites is 1. The fraction of sp³-hybridized carbons (Fsp3) is 0.318. The van der Waals surface area contributed by atoms with Gasteiger partial charge in [0.1, 0.15) is 11.5 Å². The summed E-state index contributed by atoms with van der Waals surface area (Å²) in [6.07, 6.45) is 3.29. The van der Waals surface area contributed by atoms with Crippen LogP contribution < -0.4 is 4.90 Å². The van der Waals surface area contributed by atoms with Crippen molar-refractivity contribution in [1.29, 1.82) is 0 Å². The van der Waals surface area contributed by atoms with E-state index in [2.05, 4.69) is 10.1 Å². The van der Waals surface area contributed by atoms with Gasteiger partial charge in [0.25, 0.3) is 5.91 Å². The first kappa shape index (κ1) is 18.4. The Bertz CT molecular complexity index is 943. The minimum absolute atomic E-state index is 0.0909. The molecule has 0 atom stereocenters. The zero-order valence-corrected chi connectivity index (χ0v) is 16.1. The molecule has 1 aromatic carbocycles. The highest BCUT2D eigenvalue weighted by Gasteiger charge is 2.29. The number of hydrogen-bond acceptors (Lipinski definition) is 5. The maximum atomic E-state index is 13.5. The van der Waals surface area contributed by atoms with E-state index in [1.54, 1.807) is 6.20 Å². The predicted octanol–water partition coefficient (Wildman–Crippen LogP) is 4.18. The van der Waals surface area contributed by atoms with Crippen LogP contribution in [0.25, 0.3) is 11.1 Å². The van der Waals surface area contributed by atoms with Crippen molar-refractivity contribution in [3.8, 4) is 11.1 Å². The topological polar surface area (TPSA) is 68.5 Å². The molecule has 1 aliphatic rings. The third-order valence-electron chi connectivity index (χ3n) is 5.11. The van der Waals surface area contributed by atoms with Gasteiger partial charge in [-0.2, -0.15) is 0 Å². The van der Waals surface area contributed by atoms with Crippen LogP contribution in [0.5, 0.6) is 0 Å². The smallest absolute Gasteiger partial charge is 0.277 e. The van der Waals surface area contributed by atoms with Gasteiger partial charge in [-0.1, -0.05) is 23.4 Å². The van der Waals surface area contributed by atoms with Crippen LogP contribution in [0.3, 0.4) is 0 Å². The number of nitrogens with zero attached hydrogens (tertiary/aromatic N) is 3. The molecule has 1 aliphatic heterocycles. The van der Waals surface area contributed by atoms with Crippen molar-refractivity contribution in [2.75, 3.05) is 18.1 Å². The molecule has 4 rings (SSSR count). The van der Waals surface area contributed by atoms with Crippen LogP contribution >= 0.6 is 0 Å². The van der Waals surface area contributed by atoms with Gasteiger partial charge >= 0.3 is 0 Å². The molecule has 0 unspecified atom stereocenters. The van der Waals surface area contributed by atoms with E-state index in [0.717, 1.165) is 41.1 Å². The van der Waals surface area contributed by atoms with Gasteiger partial charge in [0, 0.05) is 36.7 Å². The molecular weight excluding hydrogens is 354 g/mol. The summed E-state index contributed by atoms with van der Waals surface area (Å²) in [7, 11) is 0. The quantitative estimate of drug-likeness (QED) is 0.682. The minimum atomic E-state index is -0.105. The number of aromatic nitrogens is 2. The van der Waals surface area contributed by atoms with E-state index in [1.165, 1.54) is 0 Å². The van der Waals surface area contributed by atoms with E-state index in [0.29, 0.717) is 18.9 Å². The Balaban J connectivity index is 1.72. The summed E-state index contributed by atoms with van der Waals surface area (Å²) in [5.41, 5.74) is 3.88. The second kappa shape index (κ2) is 7.94. The highest BCUT2D eigenvalue weighted by atomic mass is 16.5. The van der Waals surface area contributed by atoms with Crippen molar-refractivity contribution in [2.24, 2.45) is 0 Å². The Morgan fingerprint density at radius 1 is 1.11 bits per heavy atom. The molecule has 1 fully saturated rings. The molecule has 0 aliphatic carbocycles. The second-order valence-corrected chi connectivity index (χ2v) is 6.98. The van der Waals surface area contributed by atoms with Crippen molar-refractivity contribution in [1.82, 2.24) is 10.1 Å². The molecule has 1 saturated heterocycles. The van der Waals surface area contributed by atoms with Gasteiger partial charge in [-0.3, -0.25) is 9.78 Å². The first-order chi connectivity index (χ1) is 13.6. The lowest BCUT2D eigenvalue weighted by Crippen LogP contribution is -2.44. The van der Waals surface area contributed by atoms with Gasteiger partial charge in [0.05, 0.1) is 5.69 Å². The van der Waals surface area contributed by atoms with E-state index in [4.69, 9.17) is 9.26 Å². The average molecular weight is 377 g/mol. The lowest BCUT2D eigenvalue weighted by molar-refractivity contribution is 0.0770. The summed E-state index contributed by atoms with van der Waals surface area (Å²) >= 11 is 0. The fourth-order valence-corrected chi connectivity index (χ4v) is 3.75. The number of amides is 1. The molecule has 3 heterocycles. The fourth-order valence-electron chi connectivity index (χ4n) is 3.75. The van der Waals surface area contributed by atoms with Gasteiger partial charge in [-0.15, -0.1) is 0 Å². The number of carbonyl (C=O) groups excluding carboxylic acids is 1. The molecule has 0 N–H and O–H groups in total. The van der Waals surface area contributed by atoms with Crippen LogP contribution in [0, 0.1) is 13.8 Å². The SMILES string of the molecule is Cc1noc(C)c1-c1ccnc(C(=O)N(c2ccccc2)C2CCOCC2)c1. The molecule has 0 radical (unpaired) electrons. The lowest BCUT2D eigenvalue weighted by atomic mass is 10.0. The molecule has 0 spiro atoms. The van der Waals surface area contributed by atoms with Crippen molar-refractivity contribution in [3.63, 3.8) is 0 Å². The van der Waals surface area contributed by atoms with Crippen molar-refractivity contribution >= 4 is 11.6 Å². The third-order valence-corrected chi connectivity index (χ3v) is 5.11. The first-order valence-corrected chi connectivity index (χ1v) is 9.51. The van der Waals surface area contributed by atoms with Crippen LogP contribution in [0.4, 0.5) is 5.69 Å². The monoisotopic (exact) mass is 377 g/mol. The summed E-state index contributed by atoms with van der Waals surface area (Å²) in [6.45, 7) is 5.09. The average Bonchev–Trinajstić information content (AvgIpc) is 3.08. The molecule has 0 saturated carbocycles. The van der Waals surface area contributed by atoms with Gasteiger partial charge < -0.3 is 14.2 Å². The zero-order valence-electron chi connectivity index (χ0n) is 16.1. The number of carbonyl (C=O) groups is 1.